The number of anilines is 1. The summed E-state index contributed by atoms with van der Waals surface area (Å²) in [6.45, 7) is 3.85. The molecule has 19 heavy (non-hydrogen) atoms. The highest BCUT2D eigenvalue weighted by Crippen LogP contribution is 2.30. The average Bonchev–Trinajstić information content (AvgIpc) is 2.69. The van der Waals surface area contributed by atoms with Crippen LogP contribution in [-0.4, -0.2) is 9.38 Å². The molecule has 0 radical (unpaired) electrons. The number of nitrogens with zero attached hydrogens (tertiary/aromatic N) is 2. The van der Waals surface area contributed by atoms with E-state index < -0.39 is 0 Å². The van der Waals surface area contributed by atoms with Gasteiger partial charge < -0.3 is 5.73 Å². The van der Waals surface area contributed by atoms with Crippen LogP contribution in [-0.2, 0) is 0 Å². The Labute approximate surface area is 110 Å². The lowest BCUT2D eigenvalue weighted by molar-refractivity contribution is 0.627. The van der Waals surface area contributed by atoms with Crippen molar-refractivity contribution in [3.63, 3.8) is 0 Å². The van der Waals surface area contributed by atoms with Crippen LogP contribution < -0.4 is 5.73 Å². The molecule has 2 heterocycles. The van der Waals surface area contributed by atoms with E-state index >= 15 is 0 Å². The fourth-order valence-electron chi connectivity index (χ4n) is 2.31. The number of imidazole rings is 1. The highest BCUT2D eigenvalue weighted by atomic mass is 19.1. The fraction of sp³-hybridized carbons (Fsp3) is 0.133. The summed E-state index contributed by atoms with van der Waals surface area (Å²) < 4.78 is 15.0. The van der Waals surface area contributed by atoms with Gasteiger partial charge >= 0.3 is 0 Å². The molecule has 1 aromatic carbocycles. The molecule has 0 aliphatic carbocycles. The topological polar surface area (TPSA) is 43.3 Å². The summed E-state index contributed by atoms with van der Waals surface area (Å²) in [7, 11) is 0. The van der Waals surface area contributed by atoms with Gasteiger partial charge in [-0.2, -0.15) is 0 Å². The second-order valence-corrected chi connectivity index (χ2v) is 4.69. The number of halogens is 1. The minimum Gasteiger partial charge on any atom is -0.383 e. The summed E-state index contributed by atoms with van der Waals surface area (Å²) in [5.41, 5.74) is 10.4. The first-order valence-electron chi connectivity index (χ1n) is 6.07. The number of benzene rings is 1. The van der Waals surface area contributed by atoms with Crippen LogP contribution in [0.5, 0.6) is 0 Å². The van der Waals surface area contributed by atoms with E-state index in [1.54, 1.807) is 6.07 Å². The second kappa shape index (κ2) is 4.09. The van der Waals surface area contributed by atoms with Gasteiger partial charge in [0.1, 0.15) is 23.0 Å². The largest absolute Gasteiger partial charge is 0.383 e. The highest BCUT2D eigenvalue weighted by Gasteiger charge is 2.14. The molecule has 0 amide bonds. The lowest BCUT2D eigenvalue weighted by Gasteiger charge is -2.03. The molecule has 2 N–H and O–H groups in total. The molecule has 3 aromatic rings. The van der Waals surface area contributed by atoms with Crippen LogP contribution in [0.25, 0.3) is 16.9 Å². The van der Waals surface area contributed by atoms with Gasteiger partial charge in [-0.1, -0.05) is 6.07 Å². The van der Waals surface area contributed by atoms with E-state index in [1.165, 1.54) is 12.1 Å². The Morgan fingerprint density at radius 2 is 1.95 bits per heavy atom. The standard InChI is InChI=1S/C15H14FN3/c1-9-4-3-7-19-14(17)13(18-15(9)19)12-6-5-11(16)8-10(12)2/h3-8H,17H2,1-2H3. The van der Waals surface area contributed by atoms with E-state index in [4.69, 9.17) is 5.73 Å². The average molecular weight is 255 g/mol. The van der Waals surface area contributed by atoms with E-state index in [9.17, 15) is 4.39 Å². The summed E-state index contributed by atoms with van der Waals surface area (Å²) in [6, 6.07) is 8.56. The maximum Gasteiger partial charge on any atom is 0.142 e. The van der Waals surface area contributed by atoms with Crippen LogP contribution in [0.15, 0.2) is 36.5 Å². The van der Waals surface area contributed by atoms with Crippen LogP contribution in [0.1, 0.15) is 11.1 Å². The van der Waals surface area contributed by atoms with Crippen molar-refractivity contribution in [2.45, 2.75) is 13.8 Å². The maximum absolute atomic E-state index is 13.2. The van der Waals surface area contributed by atoms with Crippen molar-refractivity contribution in [2.24, 2.45) is 0 Å². The number of aromatic nitrogens is 2. The monoisotopic (exact) mass is 255 g/mol. The molecule has 2 aromatic heterocycles. The number of nitrogens with two attached hydrogens (primary N) is 1. The smallest absolute Gasteiger partial charge is 0.142 e. The number of hydrogen-bond donors (Lipinski definition) is 1. The van der Waals surface area contributed by atoms with Crippen molar-refractivity contribution in [1.82, 2.24) is 9.38 Å². The molecule has 0 unspecified atom stereocenters. The minimum absolute atomic E-state index is 0.250. The number of fused-ring (bicyclic) bond motifs is 1. The summed E-state index contributed by atoms with van der Waals surface area (Å²) in [5.74, 6) is 0.327. The first-order valence-corrected chi connectivity index (χ1v) is 6.07. The van der Waals surface area contributed by atoms with E-state index in [0.717, 1.165) is 22.3 Å². The molecule has 0 spiro atoms. The fourth-order valence-corrected chi connectivity index (χ4v) is 2.31. The van der Waals surface area contributed by atoms with Gasteiger partial charge in [0, 0.05) is 11.8 Å². The molecule has 3 rings (SSSR count). The Morgan fingerprint density at radius 3 is 2.63 bits per heavy atom. The Kier molecular flexibility index (Phi) is 2.52. The zero-order valence-corrected chi connectivity index (χ0v) is 10.8. The van der Waals surface area contributed by atoms with Gasteiger partial charge in [-0.05, 0) is 49.2 Å². The van der Waals surface area contributed by atoms with Crippen molar-refractivity contribution in [3.05, 3.63) is 53.5 Å². The SMILES string of the molecule is Cc1cc(F)ccc1-c1nc2c(C)cccn2c1N. The van der Waals surface area contributed by atoms with Gasteiger partial charge in [0.2, 0.25) is 0 Å². The quantitative estimate of drug-likeness (QED) is 0.724. The number of pyridine rings is 1. The van der Waals surface area contributed by atoms with Gasteiger partial charge in [-0.25, -0.2) is 9.37 Å². The second-order valence-electron chi connectivity index (χ2n) is 4.69. The Morgan fingerprint density at radius 1 is 1.16 bits per heavy atom. The molecular formula is C15H14FN3. The van der Waals surface area contributed by atoms with Crippen molar-refractivity contribution in [1.29, 1.82) is 0 Å². The van der Waals surface area contributed by atoms with E-state index in [-0.39, 0.29) is 5.82 Å². The molecule has 0 saturated heterocycles. The van der Waals surface area contributed by atoms with Crippen LogP contribution in [0, 0.1) is 19.7 Å². The zero-order valence-electron chi connectivity index (χ0n) is 10.8. The van der Waals surface area contributed by atoms with Crippen LogP contribution >= 0.6 is 0 Å². The molecule has 0 aliphatic rings. The normalized spacial score (nSPS) is 11.1. The van der Waals surface area contributed by atoms with Crippen molar-refractivity contribution in [2.75, 3.05) is 5.73 Å². The summed E-state index contributed by atoms with van der Waals surface area (Å²) in [4.78, 5) is 4.59. The first kappa shape index (κ1) is 11.7. The lowest BCUT2D eigenvalue weighted by atomic mass is 10.1. The van der Waals surface area contributed by atoms with Crippen molar-refractivity contribution < 1.29 is 4.39 Å². The van der Waals surface area contributed by atoms with Gasteiger partial charge in [-0.3, -0.25) is 4.40 Å². The lowest BCUT2D eigenvalue weighted by Crippen LogP contribution is -1.95. The Bertz CT molecular complexity index is 774. The number of nitrogen functional groups attached to an aromatic ring is 1. The van der Waals surface area contributed by atoms with Gasteiger partial charge in [0.15, 0.2) is 0 Å². The molecule has 0 atom stereocenters. The Balaban J connectivity index is 2.31. The van der Waals surface area contributed by atoms with Gasteiger partial charge in [-0.15, -0.1) is 0 Å². The van der Waals surface area contributed by atoms with Crippen LogP contribution in [0.3, 0.4) is 0 Å². The Hall–Kier alpha value is -2.36. The zero-order chi connectivity index (χ0) is 13.6. The van der Waals surface area contributed by atoms with Crippen molar-refractivity contribution in [3.8, 4) is 11.3 Å². The predicted octanol–water partition coefficient (Wildman–Crippen LogP) is 3.34. The van der Waals surface area contributed by atoms with Gasteiger partial charge in [0.25, 0.3) is 0 Å². The predicted molar refractivity (Wildman–Crippen MR) is 74.5 cm³/mol. The van der Waals surface area contributed by atoms with Crippen LogP contribution in [0.4, 0.5) is 10.2 Å². The van der Waals surface area contributed by atoms with Gasteiger partial charge in [0.05, 0.1) is 0 Å². The molecule has 0 saturated carbocycles. The molecular weight excluding hydrogens is 241 g/mol. The van der Waals surface area contributed by atoms with Crippen molar-refractivity contribution >= 4 is 11.5 Å². The third-order valence-electron chi connectivity index (χ3n) is 3.33. The maximum atomic E-state index is 13.2. The third kappa shape index (κ3) is 1.76. The molecule has 96 valence electrons. The molecule has 0 bridgehead atoms. The summed E-state index contributed by atoms with van der Waals surface area (Å²) >= 11 is 0. The third-order valence-corrected chi connectivity index (χ3v) is 3.33. The highest BCUT2D eigenvalue weighted by molar-refractivity contribution is 5.77. The first-order chi connectivity index (χ1) is 9.08. The molecule has 0 fully saturated rings. The van der Waals surface area contributed by atoms with E-state index in [0.29, 0.717) is 11.5 Å². The number of hydrogen-bond acceptors (Lipinski definition) is 2. The summed E-state index contributed by atoms with van der Waals surface area (Å²) in [5, 5.41) is 0. The summed E-state index contributed by atoms with van der Waals surface area (Å²) in [6.07, 6.45) is 1.88. The molecule has 4 heteroatoms. The van der Waals surface area contributed by atoms with Crippen LogP contribution in [0.2, 0.25) is 0 Å². The number of rotatable bonds is 1. The van der Waals surface area contributed by atoms with E-state index in [2.05, 4.69) is 4.98 Å². The molecule has 0 aliphatic heterocycles. The van der Waals surface area contributed by atoms with E-state index in [1.807, 2.05) is 36.6 Å². The minimum atomic E-state index is -0.250. The molecule has 3 nitrogen and oxygen atoms in total. The number of aryl methyl sites for hydroxylation is 2.